The van der Waals surface area contributed by atoms with Gasteiger partial charge in [0.25, 0.3) is 0 Å². The first kappa shape index (κ1) is 16.4. The van der Waals surface area contributed by atoms with E-state index in [-0.39, 0.29) is 0 Å². The van der Waals surface area contributed by atoms with Gasteiger partial charge in [0.1, 0.15) is 5.82 Å². The zero-order valence-electron chi connectivity index (χ0n) is 13.8. The van der Waals surface area contributed by atoms with E-state index < -0.39 is 0 Å². The van der Waals surface area contributed by atoms with Crippen molar-refractivity contribution in [2.24, 2.45) is 0 Å². The quantitative estimate of drug-likeness (QED) is 0.708. The molecule has 0 saturated carbocycles. The Balaban J connectivity index is 1.51. The van der Waals surface area contributed by atoms with E-state index in [9.17, 15) is 0 Å². The van der Waals surface area contributed by atoms with Crippen molar-refractivity contribution in [3.05, 3.63) is 70.8 Å². The predicted octanol–water partition coefficient (Wildman–Crippen LogP) is 3.38. The Hall–Kier alpha value is -2.02. The van der Waals surface area contributed by atoms with E-state index >= 15 is 0 Å². The van der Waals surface area contributed by atoms with E-state index in [0.29, 0.717) is 6.04 Å². The number of imidazole rings is 1. The molecule has 3 aromatic rings. The van der Waals surface area contributed by atoms with Crippen LogP contribution in [0.2, 0.25) is 0 Å². The lowest BCUT2D eigenvalue weighted by Gasteiger charge is -2.35. The highest BCUT2D eigenvalue weighted by molar-refractivity contribution is 9.10. The summed E-state index contributed by atoms with van der Waals surface area (Å²) in [7, 11) is 0. The summed E-state index contributed by atoms with van der Waals surface area (Å²) in [5.74, 6) is 0.994. The molecule has 1 aromatic carbocycles. The molecule has 2 N–H and O–H groups in total. The normalized spacial score (nSPS) is 18.4. The minimum atomic E-state index is 0.323. The molecule has 0 amide bonds. The van der Waals surface area contributed by atoms with Gasteiger partial charge in [-0.1, -0.05) is 34.1 Å². The average Bonchev–Trinajstić information content (AvgIpc) is 3.12. The van der Waals surface area contributed by atoms with Crippen LogP contribution in [0.15, 0.2) is 59.5 Å². The third kappa shape index (κ3) is 3.81. The predicted molar refractivity (Wildman–Crippen MR) is 102 cm³/mol. The van der Waals surface area contributed by atoms with Crippen molar-refractivity contribution in [2.45, 2.75) is 12.6 Å². The molecule has 0 bridgehead atoms. The van der Waals surface area contributed by atoms with Crippen LogP contribution in [0.1, 0.15) is 17.4 Å². The van der Waals surface area contributed by atoms with E-state index in [1.807, 2.05) is 36.8 Å². The Bertz CT molecular complexity index is 815. The van der Waals surface area contributed by atoms with Gasteiger partial charge in [-0.25, -0.2) is 4.98 Å². The van der Waals surface area contributed by atoms with Crippen molar-refractivity contribution in [1.82, 2.24) is 25.2 Å². The van der Waals surface area contributed by atoms with Crippen LogP contribution in [0.5, 0.6) is 0 Å². The number of hydrogen-bond acceptors (Lipinski definition) is 4. The highest BCUT2D eigenvalue weighted by atomic mass is 79.9. The molecule has 1 aliphatic rings. The standard InChI is InChI=1S/C19H20BrN5/c20-16-5-3-14(4-6-16)17-11-23-19(24-17)13-25-9-8-22-12-18(25)15-2-1-7-21-10-15/h1-7,10-11,18,22H,8-9,12-13H2,(H,23,24). The molecule has 6 heteroatoms. The average molecular weight is 398 g/mol. The summed E-state index contributed by atoms with van der Waals surface area (Å²) in [5, 5.41) is 3.48. The fourth-order valence-corrected chi connectivity index (χ4v) is 3.51. The lowest BCUT2D eigenvalue weighted by molar-refractivity contribution is 0.150. The summed E-state index contributed by atoms with van der Waals surface area (Å²) in [6.45, 7) is 3.73. The zero-order chi connectivity index (χ0) is 17.1. The maximum atomic E-state index is 4.59. The Morgan fingerprint density at radius 3 is 2.84 bits per heavy atom. The van der Waals surface area contributed by atoms with Gasteiger partial charge in [-0.3, -0.25) is 9.88 Å². The number of rotatable bonds is 4. The summed E-state index contributed by atoms with van der Waals surface area (Å²) >= 11 is 3.47. The SMILES string of the molecule is Brc1ccc(-c2cnc(CN3CCNCC3c3cccnc3)[nH]2)cc1. The van der Waals surface area contributed by atoms with Gasteiger partial charge in [-0.05, 0) is 29.3 Å². The van der Waals surface area contributed by atoms with E-state index in [1.165, 1.54) is 5.56 Å². The maximum Gasteiger partial charge on any atom is 0.120 e. The molecule has 128 valence electrons. The number of aromatic nitrogens is 3. The van der Waals surface area contributed by atoms with Crippen molar-refractivity contribution in [3.8, 4) is 11.3 Å². The van der Waals surface area contributed by atoms with Crippen molar-refractivity contribution in [1.29, 1.82) is 0 Å². The number of pyridine rings is 1. The first-order valence-electron chi connectivity index (χ1n) is 8.44. The van der Waals surface area contributed by atoms with Crippen molar-refractivity contribution in [3.63, 3.8) is 0 Å². The number of nitrogens with one attached hydrogen (secondary N) is 2. The first-order chi connectivity index (χ1) is 12.3. The lowest BCUT2D eigenvalue weighted by Crippen LogP contribution is -2.45. The van der Waals surface area contributed by atoms with Crippen LogP contribution < -0.4 is 5.32 Å². The topological polar surface area (TPSA) is 56.8 Å². The van der Waals surface area contributed by atoms with Crippen LogP contribution in [-0.4, -0.2) is 39.5 Å². The minimum Gasteiger partial charge on any atom is -0.341 e. The molecule has 1 unspecified atom stereocenters. The van der Waals surface area contributed by atoms with Crippen molar-refractivity contribution < 1.29 is 0 Å². The fraction of sp³-hybridized carbons (Fsp3) is 0.263. The molecule has 1 saturated heterocycles. The zero-order valence-corrected chi connectivity index (χ0v) is 15.4. The number of piperazine rings is 1. The Labute approximate surface area is 155 Å². The van der Waals surface area contributed by atoms with Gasteiger partial charge in [0.2, 0.25) is 0 Å². The first-order valence-corrected chi connectivity index (χ1v) is 9.23. The monoisotopic (exact) mass is 397 g/mol. The van der Waals surface area contributed by atoms with Gasteiger partial charge in [-0.2, -0.15) is 0 Å². The van der Waals surface area contributed by atoms with Crippen LogP contribution in [0, 0.1) is 0 Å². The summed E-state index contributed by atoms with van der Waals surface area (Å²) in [6.07, 6.45) is 5.70. The van der Waals surface area contributed by atoms with Gasteiger partial charge in [0, 0.05) is 42.5 Å². The third-order valence-electron chi connectivity index (χ3n) is 4.56. The fourth-order valence-electron chi connectivity index (χ4n) is 3.25. The van der Waals surface area contributed by atoms with Gasteiger partial charge < -0.3 is 10.3 Å². The van der Waals surface area contributed by atoms with E-state index in [1.54, 1.807) is 0 Å². The molecule has 1 atom stereocenters. The number of nitrogens with zero attached hydrogens (tertiary/aromatic N) is 3. The van der Waals surface area contributed by atoms with Gasteiger partial charge in [-0.15, -0.1) is 0 Å². The van der Waals surface area contributed by atoms with E-state index in [0.717, 1.165) is 47.7 Å². The van der Waals surface area contributed by atoms with E-state index in [4.69, 9.17) is 0 Å². The molecule has 3 heterocycles. The molecular formula is C19H20BrN5. The smallest absolute Gasteiger partial charge is 0.120 e. The Morgan fingerprint density at radius 2 is 2.04 bits per heavy atom. The molecule has 0 radical (unpaired) electrons. The van der Waals surface area contributed by atoms with Crippen LogP contribution in [-0.2, 0) is 6.54 Å². The van der Waals surface area contributed by atoms with Crippen LogP contribution in [0.4, 0.5) is 0 Å². The van der Waals surface area contributed by atoms with Crippen LogP contribution in [0.3, 0.4) is 0 Å². The second kappa shape index (κ2) is 7.47. The number of H-pyrrole nitrogens is 1. The molecule has 5 nitrogen and oxygen atoms in total. The van der Waals surface area contributed by atoms with Crippen LogP contribution in [0.25, 0.3) is 11.3 Å². The number of halogens is 1. The number of benzene rings is 1. The molecule has 1 aliphatic heterocycles. The molecular weight excluding hydrogens is 378 g/mol. The number of aromatic amines is 1. The van der Waals surface area contributed by atoms with E-state index in [2.05, 4.69) is 59.3 Å². The molecule has 2 aromatic heterocycles. The number of hydrogen-bond donors (Lipinski definition) is 2. The molecule has 1 fully saturated rings. The maximum absolute atomic E-state index is 4.59. The third-order valence-corrected chi connectivity index (χ3v) is 5.09. The molecule has 0 aliphatic carbocycles. The molecule has 25 heavy (non-hydrogen) atoms. The van der Waals surface area contributed by atoms with Gasteiger partial charge >= 0.3 is 0 Å². The van der Waals surface area contributed by atoms with Crippen molar-refractivity contribution in [2.75, 3.05) is 19.6 Å². The summed E-state index contributed by atoms with van der Waals surface area (Å²) in [6, 6.07) is 12.7. The second-order valence-corrected chi connectivity index (χ2v) is 7.14. The summed E-state index contributed by atoms with van der Waals surface area (Å²) < 4.78 is 1.08. The summed E-state index contributed by atoms with van der Waals surface area (Å²) in [5.41, 5.74) is 3.44. The lowest BCUT2D eigenvalue weighted by atomic mass is 10.1. The van der Waals surface area contributed by atoms with Gasteiger partial charge in [0.15, 0.2) is 0 Å². The Morgan fingerprint density at radius 1 is 1.16 bits per heavy atom. The minimum absolute atomic E-state index is 0.323. The summed E-state index contributed by atoms with van der Waals surface area (Å²) in [4.78, 5) is 14.8. The van der Waals surface area contributed by atoms with Crippen LogP contribution >= 0.6 is 15.9 Å². The Kier molecular flexibility index (Phi) is 4.92. The highest BCUT2D eigenvalue weighted by Crippen LogP contribution is 2.24. The molecule has 0 spiro atoms. The highest BCUT2D eigenvalue weighted by Gasteiger charge is 2.24. The molecule has 4 rings (SSSR count). The van der Waals surface area contributed by atoms with Gasteiger partial charge in [0.05, 0.1) is 18.4 Å². The second-order valence-electron chi connectivity index (χ2n) is 6.23. The van der Waals surface area contributed by atoms with Crippen molar-refractivity contribution >= 4 is 15.9 Å². The largest absolute Gasteiger partial charge is 0.341 e.